The van der Waals surface area contributed by atoms with Crippen molar-refractivity contribution < 1.29 is 29.1 Å². The molecule has 5 aromatic rings. The van der Waals surface area contributed by atoms with E-state index in [0.29, 0.717) is 11.3 Å². The van der Waals surface area contributed by atoms with Crippen molar-refractivity contribution in [2.75, 3.05) is 0 Å². The minimum atomic E-state index is -1.32. The molecule has 48 heavy (non-hydrogen) atoms. The van der Waals surface area contributed by atoms with E-state index in [1.807, 2.05) is 48.5 Å². The molecule has 3 heterocycles. The summed E-state index contributed by atoms with van der Waals surface area (Å²) in [5, 5.41) is 19.6. The molecule has 0 fully saturated rings. The van der Waals surface area contributed by atoms with Gasteiger partial charge >= 0.3 is 5.97 Å². The Kier molecular flexibility index (Phi) is 10.5. The van der Waals surface area contributed by atoms with E-state index in [4.69, 9.17) is 11.5 Å². The number of hydrogen-bond donors (Lipinski definition) is 9. The molecule has 0 radical (unpaired) electrons. The maximum atomic E-state index is 13.9. The quantitative estimate of drug-likeness (QED) is 0.0723. The Bertz CT molecular complexity index is 1910. The molecule has 5 rings (SSSR count). The predicted molar refractivity (Wildman–Crippen MR) is 176 cm³/mol. The highest BCUT2D eigenvalue weighted by molar-refractivity contribution is 5.95. The maximum Gasteiger partial charge on any atom is 0.326 e. The highest BCUT2D eigenvalue weighted by atomic mass is 16.4. The van der Waals surface area contributed by atoms with Crippen LogP contribution in [-0.2, 0) is 43.2 Å². The van der Waals surface area contributed by atoms with Gasteiger partial charge in [-0.05, 0) is 29.7 Å². The molecule has 4 amide bonds. The molecule has 0 saturated heterocycles. The SMILES string of the molecule is NC(=O)CCC(N)C(=O)NC(Cc1c[nH]c2ccccc12)C(=O)NC(Cc1cnc[nH]1)C(=O)NC(Cc1c[nH]c2ccccc12)C(=O)O. The minimum absolute atomic E-state index is 0.0156. The Labute approximate surface area is 274 Å². The second-order valence-corrected chi connectivity index (χ2v) is 11.5. The smallest absolute Gasteiger partial charge is 0.326 e. The normalized spacial score (nSPS) is 13.8. The molecule has 4 unspecified atom stereocenters. The molecule has 250 valence electrons. The zero-order chi connectivity index (χ0) is 34.2. The van der Waals surface area contributed by atoms with Gasteiger partial charge in [0.15, 0.2) is 0 Å². The van der Waals surface area contributed by atoms with Crippen molar-refractivity contribution in [1.82, 2.24) is 35.9 Å². The summed E-state index contributed by atoms with van der Waals surface area (Å²) in [7, 11) is 0. The number of carbonyl (C=O) groups excluding carboxylic acids is 4. The fourth-order valence-corrected chi connectivity index (χ4v) is 5.53. The molecule has 0 bridgehead atoms. The van der Waals surface area contributed by atoms with E-state index in [9.17, 15) is 29.1 Å². The number of primary amides is 1. The van der Waals surface area contributed by atoms with Gasteiger partial charge in [-0.15, -0.1) is 0 Å². The first-order valence-corrected chi connectivity index (χ1v) is 15.3. The van der Waals surface area contributed by atoms with Crippen molar-refractivity contribution in [3.63, 3.8) is 0 Å². The molecular weight excluding hydrogens is 618 g/mol. The predicted octanol–water partition coefficient (Wildman–Crippen LogP) is 0.532. The van der Waals surface area contributed by atoms with Gasteiger partial charge in [-0.3, -0.25) is 19.2 Å². The van der Waals surface area contributed by atoms with Gasteiger partial charge < -0.3 is 47.5 Å². The third-order valence-electron chi connectivity index (χ3n) is 8.10. The van der Waals surface area contributed by atoms with Crippen molar-refractivity contribution in [2.45, 2.75) is 56.3 Å². The number of imidazole rings is 1. The Balaban J connectivity index is 1.37. The molecule has 3 aromatic heterocycles. The summed E-state index contributed by atoms with van der Waals surface area (Å²) >= 11 is 0. The number of nitrogens with two attached hydrogens (primary N) is 2. The Morgan fingerprint density at radius 3 is 1.79 bits per heavy atom. The number of aromatic nitrogens is 4. The number of carbonyl (C=O) groups is 5. The first-order chi connectivity index (χ1) is 23.1. The Morgan fingerprint density at radius 2 is 1.25 bits per heavy atom. The van der Waals surface area contributed by atoms with Crippen LogP contribution in [0.1, 0.15) is 29.7 Å². The van der Waals surface area contributed by atoms with Gasteiger partial charge in [0.2, 0.25) is 23.6 Å². The third kappa shape index (κ3) is 8.24. The lowest BCUT2D eigenvalue weighted by atomic mass is 10.0. The lowest BCUT2D eigenvalue weighted by Gasteiger charge is -2.25. The van der Waals surface area contributed by atoms with Crippen LogP contribution in [0, 0.1) is 0 Å². The van der Waals surface area contributed by atoms with Crippen molar-refractivity contribution in [1.29, 1.82) is 0 Å². The summed E-state index contributed by atoms with van der Waals surface area (Å²) < 4.78 is 0. The number of carboxylic acid groups (broad SMARTS) is 1. The van der Waals surface area contributed by atoms with E-state index in [1.165, 1.54) is 12.5 Å². The number of rotatable bonds is 16. The van der Waals surface area contributed by atoms with Crippen molar-refractivity contribution in [2.24, 2.45) is 11.5 Å². The molecule has 0 saturated carbocycles. The Morgan fingerprint density at radius 1 is 0.729 bits per heavy atom. The van der Waals surface area contributed by atoms with Crippen LogP contribution in [0.5, 0.6) is 0 Å². The van der Waals surface area contributed by atoms with Crippen LogP contribution in [0.2, 0.25) is 0 Å². The highest BCUT2D eigenvalue weighted by Crippen LogP contribution is 2.21. The largest absolute Gasteiger partial charge is 0.480 e. The fourth-order valence-electron chi connectivity index (χ4n) is 5.53. The van der Waals surface area contributed by atoms with Gasteiger partial charge in [-0.25, -0.2) is 9.78 Å². The minimum Gasteiger partial charge on any atom is -0.480 e. The number of para-hydroxylation sites is 2. The average Bonchev–Trinajstić information content (AvgIpc) is 3.83. The van der Waals surface area contributed by atoms with Gasteiger partial charge in [-0.1, -0.05) is 36.4 Å². The molecule has 4 atom stereocenters. The average molecular weight is 656 g/mol. The van der Waals surface area contributed by atoms with Gasteiger partial charge in [0.1, 0.15) is 18.1 Å². The number of carboxylic acids is 1. The summed E-state index contributed by atoms with van der Waals surface area (Å²) in [5.41, 5.74) is 14.8. The van der Waals surface area contributed by atoms with Crippen molar-refractivity contribution >= 4 is 51.4 Å². The summed E-state index contributed by atoms with van der Waals surface area (Å²) in [6.07, 6.45) is 6.13. The molecule has 15 nitrogen and oxygen atoms in total. The molecule has 11 N–H and O–H groups in total. The third-order valence-corrected chi connectivity index (χ3v) is 8.10. The van der Waals surface area contributed by atoms with E-state index in [1.54, 1.807) is 12.4 Å². The summed E-state index contributed by atoms with van der Waals surface area (Å²) in [6.45, 7) is 0. The van der Waals surface area contributed by atoms with Crippen molar-refractivity contribution in [3.8, 4) is 0 Å². The topological polar surface area (TPSA) is 254 Å². The number of nitrogens with one attached hydrogen (secondary N) is 6. The van der Waals surface area contributed by atoms with Crippen LogP contribution >= 0.6 is 0 Å². The van der Waals surface area contributed by atoms with Gasteiger partial charge in [0.05, 0.1) is 12.4 Å². The number of aromatic amines is 3. The number of benzene rings is 2. The van der Waals surface area contributed by atoms with E-state index >= 15 is 0 Å². The second kappa shape index (κ2) is 15.1. The summed E-state index contributed by atoms with van der Waals surface area (Å²) in [5.74, 6) is -4.02. The number of fused-ring (bicyclic) bond motifs is 2. The lowest BCUT2D eigenvalue weighted by Crippen LogP contribution is -2.58. The highest BCUT2D eigenvalue weighted by Gasteiger charge is 2.32. The van der Waals surface area contributed by atoms with E-state index in [0.717, 1.165) is 27.4 Å². The fraction of sp³-hybridized carbons (Fsp3) is 0.273. The second-order valence-electron chi connectivity index (χ2n) is 11.5. The molecule has 2 aromatic carbocycles. The van der Waals surface area contributed by atoms with E-state index < -0.39 is 53.8 Å². The molecule has 0 aliphatic rings. The van der Waals surface area contributed by atoms with Crippen LogP contribution in [0.25, 0.3) is 21.8 Å². The van der Waals surface area contributed by atoms with Crippen LogP contribution < -0.4 is 27.4 Å². The standard InChI is InChI=1S/C33H37N9O6/c34-23(9-10-29(35)43)30(44)40-26(11-18-14-37-24-7-3-1-5-21(18)24)31(45)41-27(13-20-16-36-17-39-20)32(46)42-28(33(47)48)12-19-15-38-25-8-4-2-6-22(19)25/h1-8,14-17,23,26-28,37-38H,9-13,34H2,(H2,35,43)(H,36,39)(H,40,44)(H,41,45)(H,42,46)(H,47,48). The summed E-state index contributed by atoms with van der Waals surface area (Å²) in [6, 6.07) is 9.93. The molecule has 0 aliphatic carbocycles. The number of nitrogens with zero attached hydrogens (tertiary/aromatic N) is 1. The molecular formula is C33H37N9O6. The number of amides is 4. The van der Waals surface area contributed by atoms with Crippen LogP contribution in [0.15, 0.2) is 73.4 Å². The maximum absolute atomic E-state index is 13.9. The first kappa shape index (κ1) is 33.4. The lowest BCUT2D eigenvalue weighted by molar-refractivity contribution is -0.142. The zero-order valence-electron chi connectivity index (χ0n) is 25.9. The van der Waals surface area contributed by atoms with Crippen molar-refractivity contribution in [3.05, 3.63) is 90.3 Å². The van der Waals surface area contributed by atoms with Crippen LogP contribution in [-0.4, -0.2) is 78.8 Å². The monoisotopic (exact) mass is 655 g/mol. The zero-order valence-corrected chi connectivity index (χ0v) is 25.9. The van der Waals surface area contributed by atoms with Crippen LogP contribution in [0.3, 0.4) is 0 Å². The van der Waals surface area contributed by atoms with Gasteiger partial charge in [0.25, 0.3) is 0 Å². The molecule has 0 aliphatic heterocycles. The number of hydrogen-bond acceptors (Lipinski definition) is 7. The molecule has 0 spiro atoms. The van der Waals surface area contributed by atoms with Gasteiger partial charge in [0, 0.05) is 71.8 Å². The number of aliphatic carboxylic acids is 1. The number of H-pyrrole nitrogens is 3. The first-order valence-electron chi connectivity index (χ1n) is 15.3. The van der Waals surface area contributed by atoms with E-state index in [-0.39, 0.29) is 32.1 Å². The van der Waals surface area contributed by atoms with E-state index in [2.05, 4.69) is 35.9 Å². The summed E-state index contributed by atoms with van der Waals surface area (Å²) in [4.78, 5) is 77.4. The van der Waals surface area contributed by atoms with Crippen LogP contribution in [0.4, 0.5) is 0 Å². The van der Waals surface area contributed by atoms with Gasteiger partial charge in [-0.2, -0.15) is 0 Å². The molecule has 15 heteroatoms. The Hall–Kier alpha value is -5.96.